The zero-order chi connectivity index (χ0) is 29.3. The molecule has 0 saturated heterocycles. The van der Waals surface area contributed by atoms with Crippen molar-refractivity contribution in [3.63, 3.8) is 0 Å². The molecule has 0 amide bonds. The third kappa shape index (κ3) is 39.0. The normalized spacial score (nSPS) is 10.7. The summed E-state index contributed by atoms with van der Waals surface area (Å²) in [6.45, 7) is 7.21. The maximum atomic E-state index is 10.5. The van der Waals surface area contributed by atoms with Crippen molar-refractivity contribution in [2.24, 2.45) is 0 Å². The van der Waals surface area contributed by atoms with Crippen LogP contribution in [0.25, 0.3) is 0 Å². The fraction of sp³-hybridized carbons (Fsp3) is 0.788. The largest absolute Gasteiger partial charge is 1.00 e. The Hall–Kier alpha value is -1.15. The van der Waals surface area contributed by atoms with Gasteiger partial charge in [0.05, 0.1) is 60.9 Å². The van der Waals surface area contributed by atoms with Gasteiger partial charge in [-0.2, -0.15) is 0 Å². The third-order valence-corrected chi connectivity index (χ3v) is 6.47. The van der Waals surface area contributed by atoms with Gasteiger partial charge in [0.25, 0.3) is 0 Å². The van der Waals surface area contributed by atoms with Crippen molar-refractivity contribution in [3.05, 3.63) is 29.8 Å². The lowest BCUT2D eigenvalue weighted by Crippen LogP contribution is -3.00. The first-order valence-electron chi connectivity index (χ1n) is 15.4. The first-order chi connectivity index (χ1) is 17.8. The van der Waals surface area contributed by atoms with E-state index >= 15 is 0 Å². The summed E-state index contributed by atoms with van der Waals surface area (Å²) in [4.78, 5) is 10.2. The van der Waals surface area contributed by atoms with Crippen LogP contribution < -0.4 is 22.1 Å². The Morgan fingerprint density at radius 3 is 1.12 bits per heavy atom. The van der Waals surface area contributed by atoms with E-state index in [0.717, 1.165) is 8.97 Å². The van der Waals surface area contributed by atoms with Crippen molar-refractivity contribution >= 4 is 5.97 Å². The highest BCUT2D eigenvalue weighted by atomic mass is 79.9. The summed E-state index contributed by atoms with van der Waals surface area (Å²) in [6, 6.07) is 5.02. The van der Waals surface area contributed by atoms with Crippen LogP contribution in [0.15, 0.2) is 24.3 Å². The predicted octanol–water partition coefficient (Wildman–Crippen LogP) is 4.30. The van der Waals surface area contributed by atoms with Crippen molar-refractivity contribution in [2.75, 3.05) is 55.4 Å². The number of halogens is 1. The van der Waals surface area contributed by atoms with Gasteiger partial charge in [0.1, 0.15) is 0 Å². The lowest BCUT2D eigenvalue weighted by Gasteiger charge is -2.23. The van der Waals surface area contributed by atoms with Gasteiger partial charge in [0.15, 0.2) is 0 Å². The Balaban J connectivity index is -0.000000240. The minimum absolute atomic E-state index is 0. The van der Waals surface area contributed by atoms with Crippen LogP contribution in [0.4, 0.5) is 0 Å². The van der Waals surface area contributed by atoms with Crippen LogP contribution in [0.2, 0.25) is 0 Å². The SMILES string of the molecule is CCCCCCCCCC[N+](C)(C)C.CCCCCCCCCC[N+](C)(C)C.O.O=C(O)c1ccc([O-])cc1.[Br-]. The first kappa shape index (κ1) is 45.8. The van der Waals surface area contributed by atoms with E-state index in [1.165, 1.54) is 140 Å². The van der Waals surface area contributed by atoms with E-state index in [2.05, 4.69) is 56.1 Å². The maximum absolute atomic E-state index is 10.5. The van der Waals surface area contributed by atoms with Gasteiger partial charge >= 0.3 is 5.97 Å². The molecule has 0 bridgehead atoms. The Kier molecular flexibility index (Phi) is 33.6. The lowest BCUT2D eigenvalue weighted by molar-refractivity contribution is -0.870. The van der Waals surface area contributed by atoms with Gasteiger partial charge in [0, 0.05) is 0 Å². The molecule has 1 aromatic rings. The number of nitrogens with zero attached hydrogens (tertiary/aromatic N) is 2. The second kappa shape index (κ2) is 29.3. The molecule has 0 spiro atoms. The average molecular weight is 636 g/mol. The number of hydrogen-bond acceptors (Lipinski definition) is 2. The molecule has 40 heavy (non-hydrogen) atoms. The highest BCUT2D eigenvalue weighted by molar-refractivity contribution is 5.87. The summed E-state index contributed by atoms with van der Waals surface area (Å²) in [7, 11) is 13.7. The van der Waals surface area contributed by atoms with Crippen LogP contribution in [-0.2, 0) is 0 Å². The zero-order valence-corrected chi connectivity index (χ0v) is 29.2. The molecule has 0 saturated carbocycles. The molecule has 0 heterocycles. The van der Waals surface area contributed by atoms with Gasteiger partial charge in [-0.1, -0.05) is 103 Å². The minimum Gasteiger partial charge on any atom is -1.00 e. The van der Waals surface area contributed by atoms with Crippen molar-refractivity contribution in [3.8, 4) is 5.75 Å². The summed E-state index contributed by atoms with van der Waals surface area (Å²) in [6.07, 6.45) is 22.9. The Morgan fingerprint density at radius 1 is 0.600 bits per heavy atom. The van der Waals surface area contributed by atoms with Gasteiger partial charge in [-0.05, 0) is 37.8 Å². The number of unbranched alkanes of at least 4 members (excludes halogenated alkanes) is 14. The topological polar surface area (TPSA) is 91.9 Å². The number of carboxylic acids is 1. The van der Waals surface area contributed by atoms with Crippen LogP contribution in [0.3, 0.4) is 0 Å². The molecule has 240 valence electrons. The number of carbonyl (C=O) groups is 1. The molecular weight excluding hydrogens is 568 g/mol. The Labute approximate surface area is 259 Å². The van der Waals surface area contributed by atoms with Crippen LogP contribution >= 0.6 is 0 Å². The highest BCUT2D eigenvalue weighted by Gasteiger charge is 2.05. The molecule has 0 aliphatic heterocycles. The van der Waals surface area contributed by atoms with Crippen molar-refractivity contribution in [2.45, 2.75) is 117 Å². The van der Waals surface area contributed by atoms with Crippen LogP contribution in [-0.4, -0.2) is 80.9 Å². The number of hydrogen-bond donors (Lipinski definition) is 1. The van der Waals surface area contributed by atoms with E-state index in [1.54, 1.807) is 0 Å². The molecule has 0 aliphatic carbocycles. The summed E-state index contributed by atoms with van der Waals surface area (Å²) in [5.41, 5.74) is 0.139. The van der Waals surface area contributed by atoms with E-state index in [0.29, 0.717) is 0 Å². The van der Waals surface area contributed by atoms with Gasteiger partial charge in [0.2, 0.25) is 0 Å². The molecule has 0 aromatic heterocycles. The van der Waals surface area contributed by atoms with E-state index < -0.39 is 5.97 Å². The summed E-state index contributed by atoms with van der Waals surface area (Å²) >= 11 is 0. The monoisotopic (exact) mass is 634 g/mol. The predicted molar refractivity (Wildman–Crippen MR) is 167 cm³/mol. The molecule has 1 aromatic carbocycles. The molecule has 0 atom stereocenters. The molecule has 0 aliphatic rings. The summed E-state index contributed by atoms with van der Waals surface area (Å²) in [5, 5.41) is 18.8. The quantitative estimate of drug-likeness (QED) is 0.182. The number of aromatic carboxylic acids is 1. The molecule has 1 rings (SSSR count). The summed E-state index contributed by atoms with van der Waals surface area (Å²) in [5.74, 6) is -1.19. The number of quaternary nitrogens is 2. The van der Waals surface area contributed by atoms with Crippen LogP contribution in [0, 0.1) is 0 Å². The fourth-order valence-electron chi connectivity index (χ4n) is 4.04. The smallest absolute Gasteiger partial charge is 0.335 e. The molecule has 6 nitrogen and oxygen atoms in total. The van der Waals surface area contributed by atoms with Crippen molar-refractivity contribution in [1.82, 2.24) is 0 Å². The first-order valence-corrected chi connectivity index (χ1v) is 15.4. The second-order valence-electron chi connectivity index (χ2n) is 12.8. The number of rotatable bonds is 19. The Bertz CT molecular complexity index is 626. The van der Waals surface area contributed by atoms with Gasteiger partial charge < -0.3 is 41.6 Å². The van der Waals surface area contributed by atoms with Gasteiger partial charge in [-0.3, -0.25) is 0 Å². The standard InChI is InChI=1S/2C13H30N.C7H6O3.BrH.H2O/c2*1-5-6-7-8-9-10-11-12-13-14(2,3)4;8-6-3-1-5(2-4-6)7(9)10;;/h2*5-13H2,1-4H3;1-4,8H,(H,9,10);1H;1H2/q2*+1;;;/p-2. The van der Waals surface area contributed by atoms with E-state index in [4.69, 9.17) is 5.11 Å². The average Bonchev–Trinajstić information content (AvgIpc) is 2.82. The van der Waals surface area contributed by atoms with E-state index in [9.17, 15) is 9.90 Å². The molecule has 0 radical (unpaired) electrons. The highest BCUT2D eigenvalue weighted by Crippen LogP contribution is 2.10. The van der Waals surface area contributed by atoms with Crippen LogP contribution in [0.1, 0.15) is 127 Å². The minimum atomic E-state index is -1.01. The zero-order valence-electron chi connectivity index (χ0n) is 27.6. The number of carboxylic acid groups (broad SMARTS) is 1. The molecule has 0 unspecified atom stereocenters. The number of benzene rings is 1. The molecular formula is C33H67BrN2O4. The molecule has 3 N–H and O–H groups in total. The van der Waals surface area contributed by atoms with Crippen molar-refractivity contribution < 1.29 is 46.4 Å². The van der Waals surface area contributed by atoms with E-state index in [-0.39, 0.29) is 33.8 Å². The van der Waals surface area contributed by atoms with Gasteiger partial charge in [-0.25, -0.2) is 4.79 Å². The molecule has 7 heteroatoms. The van der Waals surface area contributed by atoms with E-state index in [1.807, 2.05) is 0 Å². The third-order valence-electron chi connectivity index (χ3n) is 6.47. The Morgan fingerprint density at radius 2 is 0.875 bits per heavy atom. The molecule has 0 fully saturated rings. The van der Waals surface area contributed by atoms with Gasteiger partial charge in [-0.15, -0.1) is 5.75 Å². The fourth-order valence-corrected chi connectivity index (χ4v) is 4.04. The lowest BCUT2D eigenvalue weighted by atomic mass is 10.1. The van der Waals surface area contributed by atoms with Crippen molar-refractivity contribution in [1.29, 1.82) is 0 Å². The maximum Gasteiger partial charge on any atom is 0.335 e. The second-order valence-corrected chi connectivity index (χ2v) is 12.8. The van der Waals surface area contributed by atoms with Crippen LogP contribution in [0.5, 0.6) is 5.75 Å². The summed E-state index contributed by atoms with van der Waals surface area (Å²) < 4.78 is 2.24.